The molecule has 188 valence electrons. The minimum atomic E-state index is -4.66. The number of halogens is 6. The van der Waals surface area contributed by atoms with Gasteiger partial charge in [0.25, 0.3) is 0 Å². The van der Waals surface area contributed by atoms with Crippen LogP contribution in [0.3, 0.4) is 0 Å². The van der Waals surface area contributed by atoms with Crippen LogP contribution in [0.25, 0.3) is 11.1 Å². The predicted octanol–water partition coefficient (Wildman–Crippen LogP) is 7.28. The van der Waals surface area contributed by atoms with Gasteiger partial charge < -0.3 is 9.84 Å². The van der Waals surface area contributed by atoms with Crippen LogP contribution in [0.4, 0.5) is 26.3 Å². The van der Waals surface area contributed by atoms with E-state index in [4.69, 9.17) is 4.74 Å². The number of aromatic nitrogens is 1. The van der Waals surface area contributed by atoms with E-state index in [1.54, 1.807) is 6.07 Å². The minimum Gasteiger partial charge on any atom is -0.488 e. The molecule has 10 heteroatoms. The third kappa shape index (κ3) is 5.37. The van der Waals surface area contributed by atoms with E-state index in [0.29, 0.717) is 54.7 Å². The van der Waals surface area contributed by atoms with Gasteiger partial charge in [0, 0.05) is 17.2 Å². The molecule has 1 aliphatic carbocycles. The van der Waals surface area contributed by atoms with Gasteiger partial charge in [-0.25, -0.2) is 22.9 Å². The normalized spacial score (nSPS) is 14.2. The molecule has 0 aliphatic heterocycles. The topological polar surface area (TPSA) is 59.4 Å². The second-order valence-electron chi connectivity index (χ2n) is 8.23. The summed E-state index contributed by atoms with van der Waals surface area (Å²) in [6, 6.07) is 8.20. The Morgan fingerprint density at radius 1 is 0.917 bits per heavy atom. The first-order valence-electron chi connectivity index (χ1n) is 10.9. The zero-order valence-electron chi connectivity index (χ0n) is 18.6. The number of benzene rings is 2. The van der Waals surface area contributed by atoms with Gasteiger partial charge in [0.2, 0.25) is 0 Å². The highest BCUT2D eigenvalue weighted by Gasteiger charge is 2.32. The fourth-order valence-corrected chi connectivity index (χ4v) is 4.10. The molecule has 0 atom stereocenters. The second-order valence-corrected chi connectivity index (χ2v) is 8.23. The van der Waals surface area contributed by atoms with E-state index in [0.717, 1.165) is 18.2 Å². The zero-order chi connectivity index (χ0) is 26.0. The quantitative estimate of drug-likeness (QED) is 0.281. The van der Waals surface area contributed by atoms with Crippen LogP contribution < -0.4 is 4.74 Å². The van der Waals surface area contributed by atoms with Gasteiger partial charge in [-0.2, -0.15) is 13.2 Å². The van der Waals surface area contributed by atoms with Gasteiger partial charge in [0.05, 0.1) is 11.3 Å². The number of pyridine rings is 1. The molecule has 1 heterocycles. The average Bonchev–Trinajstić information content (AvgIpc) is 2.85. The van der Waals surface area contributed by atoms with Gasteiger partial charge in [-0.3, -0.25) is 0 Å². The van der Waals surface area contributed by atoms with Crippen molar-refractivity contribution in [2.75, 3.05) is 0 Å². The number of allylic oxidation sites excluding steroid dienone is 2. The van der Waals surface area contributed by atoms with Gasteiger partial charge in [-0.1, -0.05) is 6.07 Å². The molecule has 0 bridgehead atoms. The Labute approximate surface area is 201 Å². The molecule has 4 nitrogen and oxygen atoms in total. The molecule has 3 aromatic rings. The van der Waals surface area contributed by atoms with Crippen LogP contribution in [0.2, 0.25) is 0 Å². The number of hydrogen-bond acceptors (Lipinski definition) is 3. The number of hydrogen-bond donors (Lipinski definition) is 1. The minimum absolute atomic E-state index is 0.0177. The lowest BCUT2D eigenvalue weighted by molar-refractivity contribution is -0.137. The molecule has 0 fully saturated rings. The zero-order valence-corrected chi connectivity index (χ0v) is 18.6. The highest BCUT2D eigenvalue weighted by atomic mass is 19.4. The van der Waals surface area contributed by atoms with E-state index < -0.39 is 41.8 Å². The standard InChI is InChI=1S/C26H19F6NO3/c27-19-12-21(29)20(28)10-14(19)13-36-24-9-8-15(26(30,31)32)11-18(24)16-4-1-2-5-17(16)22-6-3-7-23(33-22)25(34)35/h3,6-12H,1-2,4-5,13H2,(H,34,35). The Hall–Kier alpha value is -3.82. The summed E-state index contributed by atoms with van der Waals surface area (Å²) in [5, 5.41) is 9.29. The average molecular weight is 507 g/mol. The van der Waals surface area contributed by atoms with E-state index in [2.05, 4.69) is 4.98 Å². The summed E-state index contributed by atoms with van der Waals surface area (Å²) < 4.78 is 87.2. The summed E-state index contributed by atoms with van der Waals surface area (Å²) in [6.45, 7) is -0.559. The molecule has 4 rings (SSSR count). The molecule has 1 aromatic heterocycles. The number of alkyl halides is 3. The summed E-state index contributed by atoms with van der Waals surface area (Å²) in [4.78, 5) is 15.5. The van der Waals surface area contributed by atoms with Crippen molar-refractivity contribution in [3.05, 3.63) is 94.1 Å². The van der Waals surface area contributed by atoms with Gasteiger partial charge in [0.1, 0.15) is 23.9 Å². The van der Waals surface area contributed by atoms with Crippen molar-refractivity contribution < 1.29 is 41.0 Å². The fourth-order valence-electron chi connectivity index (χ4n) is 4.10. The Bertz CT molecular complexity index is 1350. The molecule has 1 N–H and O–H groups in total. The predicted molar refractivity (Wildman–Crippen MR) is 119 cm³/mol. The maximum absolute atomic E-state index is 14.1. The summed E-state index contributed by atoms with van der Waals surface area (Å²) in [5.74, 6) is -4.99. The maximum Gasteiger partial charge on any atom is 0.416 e. The van der Waals surface area contributed by atoms with Crippen molar-refractivity contribution >= 4 is 17.1 Å². The molecule has 0 amide bonds. The smallest absolute Gasteiger partial charge is 0.416 e. The second kappa shape index (κ2) is 10.0. The molecule has 0 radical (unpaired) electrons. The SMILES string of the molecule is O=C(O)c1cccc(C2=C(c3cc(C(F)(F)F)ccc3OCc3cc(F)c(F)cc3F)CCCC2)n1. The number of nitrogens with zero attached hydrogens (tertiary/aromatic N) is 1. The van der Waals surface area contributed by atoms with Crippen LogP contribution in [0.15, 0.2) is 48.5 Å². The van der Waals surface area contributed by atoms with Crippen LogP contribution in [0, 0.1) is 17.5 Å². The third-order valence-corrected chi connectivity index (χ3v) is 5.85. The molecule has 2 aromatic carbocycles. The van der Waals surface area contributed by atoms with Crippen LogP contribution in [0.1, 0.15) is 58.6 Å². The lowest BCUT2D eigenvalue weighted by Gasteiger charge is -2.23. The summed E-state index contributed by atoms with van der Waals surface area (Å²) in [5.41, 5.74) is 0.0153. The monoisotopic (exact) mass is 507 g/mol. The molecule has 0 unspecified atom stereocenters. The Morgan fingerprint density at radius 3 is 2.31 bits per heavy atom. The lowest BCUT2D eigenvalue weighted by atomic mass is 9.84. The van der Waals surface area contributed by atoms with Crippen molar-refractivity contribution in [3.63, 3.8) is 0 Å². The lowest BCUT2D eigenvalue weighted by Crippen LogP contribution is -2.10. The Kier molecular flexibility index (Phi) is 7.05. The van der Waals surface area contributed by atoms with Gasteiger partial charge in [-0.05, 0) is 73.2 Å². The number of ether oxygens (including phenoxy) is 1. The highest BCUT2D eigenvalue weighted by Crippen LogP contribution is 2.43. The number of carboxylic acids is 1. The first-order chi connectivity index (χ1) is 17.0. The van der Waals surface area contributed by atoms with E-state index in [9.17, 15) is 36.2 Å². The van der Waals surface area contributed by atoms with Crippen molar-refractivity contribution in [2.45, 2.75) is 38.5 Å². The fraction of sp³-hybridized carbons (Fsp3) is 0.231. The van der Waals surface area contributed by atoms with Crippen molar-refractivity contribution in [1.82, 2.24) is 4.98 Å². The number of carbonyl (C=O) groups is 1. The Morgan fingerprint density at radius 2 is 1.61 bits per heavy atom. The van der Waals surface area contributed by atoms with Crippen LogP contribution >= 0.6 is 0 Å². The van der Waals surface area contributed by atoms with E-state index in [1.165, 1.54) is 12.1 Å². The van der Waals surface area contributed by atoms with E-state index in [1.807, 2.05) is 0 Å². The largest absolute Gasteiger partial charge is 0.488 e. The summed E-state index contributed by atoms with van der Waals surface area (Å²) in [7, 11) is 0. The highest BCUT2D eigenvalue weighted by molar-refractivity contribution is 5.93. The number of aromatic carboxylic acids is 1. The third-order valence-electron chi connectivity index (χ3n) is 5.85. The van der Waals surface area contributed by atoms with Crippen molar-refractivity contribution in [1.29, 1.82) is 0 Å². The summed E-state index contributed by atoms with van der Waals surface area (Å²) >= 11 is 0. The van der Waals surface area contributed by atoms with E-state index in [-0.39, 0.29) is 22.6 Å². The first kappa shape index (κ1) is 25.3. The van der Waals surface area contributed by atoms with Gasteiger partial charge in [-0.15, -0.1) is 0 Å². The Balaban J connectivity index is 1.82. The maximum atomic E-state index is 14.1. The molecule has 36 heavy (non-hydrogen) atoms. The van der Waals surface area contributed by atoms with Gasteiger partial charge >= 0.3 is 12.1 Å². The van der Waals surface area contributed by atoms with Gasteiger partial charge in [0.15, 0.2) is 11.6 Å². The molecular weight excluding hydrogens is 488 g/mol. The number of rotatable bonds is 6. The van der Waals surface area contributed by atoms with Crippen molar-refractivity contribution in [2.24, 2.45) is 0 Å². The molecular formula is C26H19F6NO3. The van der Waals surface area contributed by atoms with E-state index >= 15 is 0 Å². The summed E-state index contributed by atoms with van der Waals surface area (Å²) in [6.07, 6.45) is -2.47. The molecule has 0 saturated carbocycles. The van der Waals surface area contributed by atoms with Crippen LogP contribution in [0.5, 0.6) is 5.75 Å². The number of carboxylic acid groups (broad SMARTS) is 1. The molecule has 0 saturated heterocycles. The van der Waals surface area contributed by atoms with Crippen LogP contribution in [-0.4, -0.2) is 16.1 Å². The van der Waals surface area contributed by atoms with Crippen molar-refractivity contribution in [3.8, 4) is 5.75 Å². The van der Waals surface area contributed by atoms with Crippen LogP contribution in [-0.2, 0) is 12.8 Å². The first-order valence-corrected chi connectivity index (χ1v) is 10.9. The molecule has 0 spiro atoms. The molecule has 1 aliphatic rings.